The Morgan fingerprint density at radius 1 is 1.35 bits per heavy atom. The van der Waals surface area contributed by atoms with E-state index in [0.717, 1.165) is 9.75 Å². The first kappa shape index (κ1) is 12.0. The van der Waals surface area contributed by atoms with E-state index in [4.69, 9.17) is 0 Å². The fraction of sp³-hybridized carbons (Fsp3) is 0.167. The monoisotopic (exact) mass is 264 g/mol. The van der Waals surface area contributed by atoms with Crippen LogP contribution in [0.5, 0.6) is 0 Å². The van der Waals surface area contributed by atoms with Crippen molar-refractivity contribution in [1.82, 2.24) is 5.43 Å². The van der Waals surface area contributed by atoms with Gasteiger partial charge in [-0.05, 0) is 32.0 Å². The van der Waals surface area contributed by atoms with Crippen molar-refractivity contribution < 1.29 is 4.79 Å². The molecule has 88 valence electrons. The Labute approximate surface area is 108 Å². The molecule has 17 heavy (non-hydrogen) atoms. The highest BCUT2D eigenvalue weighted by atomic mass is 32.1. The fourth-order valence-electron chi connectivity index (χ4n) is 1.30. The van der Waals surface area contributed by atoms with Gasteiger partial charge in [0.05, 0.1) is 11.8 Å². The number of hydrogen-bond donors (Lipinski definition) is 1. The third kappa shape index (κ3) is 3.25. The van der Waals surface area contributed by atoms with E-state index in [1.54, 1.807) is 28.9 Å². The molecule has 5 heteroatoms. The van der Waals surface area contributed by atoms with Gasteiger partial charge in [0, 0.05) is 20.0 Å². The summed E-state index contributed by atoms with van der Waals surface area (Å²) >= 11 is 3.20. The Morgan fingerprint density at radius 2 is 2.18 bits per heavy atom. The van der Waals surface area contributed by atoms with Crippen LogP contribution in [0.25, 0.3) is 0 Å². The van der Waals surface area contributed by atoms with Crippen molar-refractivity contribution in [1.29, 1.82) is 0 Å². The van der Waals surface area contributed by atoms with Crippen LogP contribution in [-0.4, -0.2) is 12.1 Å². The van der Waals surface area contributed by atoms with E-state index >= 15 is 0 Å². The second-order valence-electron chi connectivity index (χ2n) is 3.59. The highest BCUT2D eigenvalue weighted by Gasteiger charge is 2.05. The lowest BCUT2D eigenvalue weighted by molar-refractivity contribution is 0.0955. The molecule has 0 fully saturated rings. The predicted octanol–water partition coefficient (Wildman–Crippen LogP) is 3.19. The zero-order valence-corrected chi connectivity index (χ0v) is 11.2. The van der Waals surface area contributed by atoms with Crippen molar-refractivity contribution in [3.05, 3.63) is 43.8 Å². The molecule has 0 saturated heterocycles. The fourth-order valence-corrected chi connectivity index (χ4v) is 2.74. The summed E-state index contributed by atoms with van der Waals surface area (Å²) in [6.07, 6.45) is 1.66. The molecule has 0 aromatic carbocycles. The molecule has 2 rings (SSSR count). The van der Waals surface area contributed by atoms with E-state index in [2.05, 4.69) is 10.5 Å². The number of nitrogens with zero attached hydrogens (tertiary/aromatic N) is 1. The van der Waals surface area contributed by atoms with Gasteiger partial charge in [-0.3, -0.25) is 4.79 Å². The molecule has 0 aliphatic heterocycles. The van der Waals surface area contributed by atoms with Crippen molar-refractivity contribution in [3.63, 3.8) is 0 Å². The molecule has 1 N–H and O–H groups in total. The van der Waals surface area contributed by atoms with Crippen LogP contribution in [0.2, 0.25) is 0 Å². The van der Waals surface area contributed by atoms with E-state index in [0.29, 0.717) is 5.56 Å². The van der Waals surface area contributed by atoms with Gasteiger partial charge in [-0.1, -0.05) is 0 Å². The van der Waals surface area contributed by atoms with E-state index in [9.17, 15) is 4.79 Å². The summed E-state index contributed by atoms with van der Waals surface area (Å²) in [7, 11) is 0. The summed E-state index contributed by atoms with van der Waals surface area (Å²) in [4.78, 5) is 15.0. The number of carbonyl (C=O) groups excluding carboxylic acids is 1. The van der Waals surface area contributed by atoms with Crippen LogP contribution >= 0.6 is 22.7 Å². The van der Waals surface area contributed by atoms with Gasteiger partial charge in [0.15, 0.2) is 0 Å². The van der Waals surface area contributed by atoms with Crippen molar-refractivity contribution in [3.8, 4) is 0 Å². The van der Waals surface area contributed by atoms with Gasteiger partial charge in [-0.2, -0.15) is 5.10 Å². The smallest absolute Gasteiger partial charge is 0.267 e. The summed E-state index contributed by atoms with van der Waals surface area (Å²) < 4.78 is 0. The molecule has 0 unspecified atom stereocenters. The number of hydrogen-bond acceptors (Lipinski definition) is 4. The minimum atomic E-state index is -0.168. The summed E-state index contributed by atoms with van der Waals surface area (Å²) in [5.41, 5.74) is 3.17. The quantitative estimate of drug-likeness (QED) is 0.671. The average Bonchev–Trinajstić information content (AvgIpc) is 2.88. The molecule has 3 nitrogen and oxygen atoms in total. The molecule has 0 radical (unpaired) electrons. The van der Waals surface area contributed by atoms with Crippen LogP contribution in [0.3, 0.4) is 0 Å². The predicted molar refractivity (Wildman–Crippen MR) is 73.2 cm³/mol. The van der Waals surface area contributed by atoms with Gasteiger partial charge < -0.3 is 0 Å². The Bertz CT molecular complexity index is 554. The van der Waals surface area contributed by atoms with E-state index in [1.807, 2.05) is 37.4 Å². The highest BCUT2D eigenvalue weighted by Crippen LogP contribution is 2.13. The van der Waals surface area contributed by atoms with Gasteiger partial charge in [-0.25, -0.2) is 5.43 Å². The van der Waals surface area contributed by atoms with Gasteiger partial charge >= 0.3 is 0 Å². The molecule has 0 saturated carbocycles. The standard InChI is InChI=1S/C12H12N2OS2/c1-8-3-4-11(17-8)6-13-14-12(15)10-5-9(2)16-7-10/h3-7H,1-2H3,(H,14,15)/b13-6-. The van der Waals surface area contributed by atoms with E-state index in [1.165, 1.54) is 4.88 Å². The Hall–Kier alpha value is -1.46. The summed E-state index contributed by atoms with van der Waals surface area (Å²) in [5.74, 6) is -0.168. The number of thiophene rings is 2. The average molecular weight is 264 g/mol. The first-order valence-corrected chi connectivity index (χ1v) is 6.80. The lowest BCUT2D eigenvalue weighted by Gasteiger charge is -1.94. The minimum Gasteiger partial charge on any atom is -0.267 e. The second kappa shape index (κ2) is 5.25. The molecule has 0 aliphatic rings. The highest BCUT2D eigenvalue weighted by molar-refractivity contribution is 7.13. The molecule has 0 spiro atoms. The van der Waals surface area contributed by atoms with E-state index in [-0.39, 0.29) is 5.91 Å². The third-order valence-electron chi connectivity index (χ3n) is 2.11. The Morgan fingerprint density at radius 3 is 2.76 bits per heavy atom. The third-order valence-corrected chi connectivity index (χ3v) is 3.91. The summed E-state index contributed by atoms with van der Waals surface area (Å²) in [6, 6.07) is 5.85. The van der Waals surface area contributed by atoms with Crippen LogP contribution in [0.15, 0.2) is 28.7 Å². The largest absolute Gasteiger partial charge is 0.272 e. The van der Waals surface area contributed by atoms with Gasteiger partial charge in [0.2, 0.25) is 0 Å². The van der Waals surface area contributed by atoms with Crippen molar-refractivity contribution in [2.75, 3.05) is 0 Å². The van der Waals surface area contributed by atoms with Gasteiger partial charge in [-0.15, -0.1) is 22.7 Å². The molecular formula is C12H12N2OS2. The lowest BCUT2D eigenvalue weighted by Crippen LogP contribution is -2.16. The zero-order valence-electron chi connectivity index (χ0n) is 9.56. The Balaban J connectivity index is 1.94. The molecule has 2 aromatic heterocycles. The topological polar surface area (TPSA) is 41.5 Å². The maximum Gasteiger partial charge on any atom is 0.272 e. The number of carbonyl (C=O) groups is 1. The number of hydrazone groups is 1. The van der Waals surface area contributed by atoms with Gasteiger partial charge in [0.25, 0.3) is 5.91 Å². The molecule has 0 aliphatic carbocycles. The molecule has 1 amide bonds. The zero-order chi connectivity index (χ0) is 12.3. The Kier molecular flexibility index (Phi) is 3.71. The molecular weight excluding hydrogens is 252 g/mol. The summed E-state index contributed by atoms with van der Waals surface area (Å²) in [5, 5.41) is 5.76. The van der Waals surface area contributed by atoms with Crippen LogP contribution in [0.1, 0.15) is 25.0 Å². The van der Waals surface area contributed by atoms with Crippen molar-refractivity contribution >= 4 is 34.8 Å². The SMILES string of the molecule is Cc1cc(C(=O)N/N=C\c2ccc(C)s2)cs1. The maximum atomic E-state index is 11.6. The second-order valence-corrected chi connectivity index (χ2v) is 6.03. The maximum absolute atomic E-state index is 11.6. The van der Waals surface area contributed by atoms with E-state index < -0.39 is 0 Å². The number of amides is 1. The number of nitrogens with one attached hydrogen (secondary N) is 1. The summed E-state index contributed by atoms with van der Waals surface area (Å²) in [6.45, 7) is 4.01. The lowest BCUT2D eigenvalue weighted by atomic mass is 10.3. The van der Waals surface area contributed by atoms with Crippen LogP contribution in [0, 0.1) is 13.8 Å². The molecule has 2 heterocycles. The van der Waals surface area contributed by atoms with Crippen molar-refractivity contribution in [2.45, 2.75) is 13.8 Å². The molecule has 0 atom stereocenters. The van der Waals surface area contributed by atoms with Crippen molar-refractivity contribution in [2.24, 2.45) is 5.10 Å². The normalized spacial score (nSPS) is 10.9. The van der Waals surface area contributed by atoms with Gasteiger partial charge in [0.1, 0.15) is 0 Å². The van der Waals surface area contributed by atoms with Crippen LogP contribution < -0.4 is 5.43 Å². The van der Waals surface area contributed by atoms with Crippen LogP contribution in [-0.2, 0) is 0 Å². The first-order valence-electron chi connectivity index (χ1n) is 5.10. The minimum absolute atomic E-state index is 0.168. The molecule has 0 bridgehead atoms. The van der Waals surface area contributed by atoms with Crippen LogP contribution in [0.4, 0.5) is 0 Å². The number of aryl methyl sites for hydroxylation is 2. The number of rotatable bonds is 3. The first-order chi connectivity index (χ1) is 8.15. The molecule has 2 aromatic rings.